The van der Waals surface area contributed by atoms with Crippen molar-refractivity contribution in [3.8, 4) is 5.75 Å². The summed E-state index contributed by atoms with van der Waals surface area (Å²) >= 11 is 0. The summed E-state index contributed by atoms with van der Waals surface area (Å²) in [6.07, 6.45) is 0. The summed E-state index contributed by atoms with van der Waals surface area (Å²) in [5, 5.41) is 22.5. The second-order valence-corrected chi connectivity index (χ2v) is 9.40. The number of ether oxygens (including phenoxy) is 1. The number of hydrogen-bond donors (Lipinski definition) is 1. The van der Waals surface area contributed by atoms with Crippen molar-refractivity contribution in [2.75, 3.05) is 27.2 Å². The predicted molar refractivity (Wildman–Crippen MR) is 143 cm³/mol. The van der Waals surface area contributed by atoms with E-state index in [-0.39, 0.29) is 23.6 Å². The summed E-state index contributed by atoms with van der Waals surface area (Å²) in [5.74, 6) is -1.21. The van der Waals surface area contributed by atoms with E-state index in [9.17, 15) is 24.8 Å². The highest BCUT2D eigenvalue weighted by molar-refractivity contribution is 6.46. The number of benzene rings is 3. The molecule has 1 fully saturated rings. The zero-order chi connectivity index (χ0) is 27.4. The van der Waals surface area contributed by atoms with Crippen molar-refractivity contribution in [2.24, 2.45) is 0 Å². The number of hydrogen-bond acceptors (Lipinski definition) is 7. The van der Waals surface area contributed by atoms with E-state index < -0.39 is 22.7 Å². The van der Waals surface area contributed by atoms with Gasteiger partial charge in [-0.15, -0.1) is 0 Å². The quantitative estimate of drug-likeness (QED) is 0.147. The first-order valence-corrected chi connectivity index (χ1v) is 12.1. The molecule has 3 aromatic rings. The Bertz CT molecular complexity index is 1380. The molecule has 0 unspecified atom stereocenters. The molecule has 3 aromatic carbocycles. The first-order valence-electron chi connectivity index (χ1n) is 12.1. The Morgan fingerprint density at radius 1 is 1.05 bits per heavy atom. The van der Waals surface area contributed by atoms with Gasteiger partial charge in [-0.25, -0.2) is 0 Å². The van der Waals surface area contributed by atoms with Crippen LogP contribution < -0.4 is 4.74 Å². The molecule has 1 heterocycles. The number of nitro groups is 1. The minimum absolute atomic E-state index is 0.0556. The number of nitrogens with zero attached hydrogens (tertiary/aromatic N) is 3. The first kappa shape index (κ1) is 26.6. The molecule has 0 radical (unpaired) electrons. The smallest absolute Gasteiger partial charge is 0.295 e. The largest absolute Gasteiger partial charge is 0.507 e. The number of amides is 1. The number of likely N-dealkylation sites (N-methyl/N-ethyl adjacent to an activating group) is 1. The summed E-state index contributed by atoms with van der Waals surface area (Å²) in [7, 11) is 3.70. The lowest BCUT2D eigenvalue weighted by molar-refractivity contribution is -0.384. The first-order chi connectivity index (χ1) is 18.2. The van der Waals surface area contributed by atoms with E-state index in [0.717, 1.165) is 11.1 Å². The zero-order valence-corrected chi connectivity index (χ0v) is 21.5. The molecule has 0 bridgehead atoms. The molecule has 0 aromatic heterocycles. The fourth-order valence-corrected chi connectivity index (χ4v) is 4.39. The number of carbonyl (C=O) groups excluding carboxylic acids is 2. The van der Waals surface area contributed by atoms with Gasteiger partial charge in [0.1, 0.15) is 18.1 Å². The second-order valence-electron chi connectivity index (χ2n) is 9.40. The van der Waals surface area contributed by atoms with Crippen molar-refractivity contribution in [1.29, 1.82) is 0 Å². The molecule has 0 saturated carbocycles. The van der Waals surface area contributed by atoms with Crippen LogP contribution in [-0.2, 0) is 16.2 Å². The topological polar surface area (TPSA) is 113 Å². The SMILES string of the molecule is Cc1cc(C(O)=C2C(=O)C(=O)N(CCN(C)C)[C@H]2c2ccc([N+](=O)[O-])cc2)ccc1OCc1ccccc1. The van der Waals surface area contributed by atoms with Crippen molar-refractivity contribution in [1.82, 2.24) is 9.80 Å². The van der Waals surface area contributed by atoms with Crippen LogP contribution in [-0.4, -0.2) is 58.7 Å². The van der Waals surface area contributed by atoms with Gasteiger partial charge in [-0.3, -0.25) is 19.7 Å². The van der Waals surface area contributed by atoms with Crippen LogP contribution in [0.3, 0.4) is 0 Å². The molecule has 1 N–H and O–H groups in total. The maximum atomic E-state index is 13.2. The van der Waals surface area contributed by atoms with Crippen LogP contribution in [0.15, 0.2) is 78.4 Å². The highest BCUT2D eigenvalue weighted by atomic mass is 16.6. The Balaban J connectivity index is 1.71. The van der Waals surface area contributed by atoms with Gasteiger partial charge >= 0.3 is 0 Å². The molecule has 196 valence electrons. The van der Waals surface area contributed by atoms with E-state index >= 15 is 0 Å². The van der Waals surface area contributed by atoms with Crippen LogP contribution in [0, 0.1) is 17.0 Å². The Morgan fingerprint density at radius 2 is 1.74 bits per heavy atom. The summed E-state index contributed by atoms with van der Waals surface area (Å²) in [6.45, 7) is 2.94. The standard InChI is InChI=1S/C29H29N3O6/c1-19-17-22(11-14-24(19)38-18-20-7-5-4-6-8-20)27(33)25-26(21-9-12-23(13-10-21)32(36)37)31(16-15-30(2)3)29(35)28(25)34/h4-14,17,26,33H,15-16,18H2,1-3H3/t26-/m0/s1. The van der Waals surface area contributed by atoms with Crippen LogP contribution in [0.1, 0.15) is 28.3 Å². The molecule has 9 nitrogen and oxygen atoms in total. The van der Waals surface area contributed by atoms with E-state index in [2.05, 4.69) is 0 Å². The molecule has 38 heavy (non-hydrogen) atoms. The number of carbonyl (C=O) groups is 2. The van der Waals surface area contributed by atoms with Gasteiger partial charge in [-0.05, 0) is 68.0 Å². The molecule has 0 spiro atoms. The van der Waals surface area contributed by atoms with Crippen LogP contribution in [0.5, 0.6) is 5.75 Å². The lowest BCUT2D eigenvalue weighted by Gasteiger charge is -2.26. The summed E-state index contributed by atoms with van der Waals surface area (Å²) in [5.41, 5.74) is 2.46. The van der Waals surface area contributed by atoms with Crippen molar-refractivity contribution in [3.63, 3.8) is 0 Å². The second kappa shape index (κ2) is 11.3. The lowest BCUT2D eigenvalue weighted by Crippen LogP contribution is -2.35. The molecule has 0 aliphatic carbocycles. The average molecular weight is 516 g/mol. The van der Waals surface area contributed by atoms with Crippen LogP contribution in [0.2, 0.25) is 0 Å². The van der Waals surface area contributed by atoms with Crippen molar-refractivity contribution in [2.45, 2.75) is 19.6 Å². The van der Waals surface area contributed by atoms with Crippen molar-refractivity contribution < 1.29 is 24.4 Å². The van der Waals surface area contributed by atoms with E-state index in [1.807, 2.05) is 56.3 Å². The van der Waals surface area contributed by atoms with E-state index in [4.69, 9.17) is 4.74 Å². The van der Waals surface area contributed by atoms with E-state index in [1.54, 1.807) is 18.2 Å². The number of rotatable bonds is 9. The monoisotopic (exact) mass is 515 g/mol. The number of Topliss-reactive ketones (excluding diaryl/α,β-unsaturated/α-hetero) is 1. The van der Waals surface area contributed by atoms with Crippen LogP contribution in [0.4, 0.5) is 5.69 Å². The van der Waals surface area contributed by atoms with Gasteiger partial charge in [0, 0.05) is 30.8 Å². The fourth-order valence-electron chi connectivity index (χ4n) is 4.39. The minimum Gasteiger partial charge on any atom is -0.507 e. The molecule has 1 atom stereocenters. The fraction of sp³-hybridized carbons (Fsp3) is 0.241. The van der Waals surface area contributed by atoms with Crippen molar-refractivity contribution in [3.05, 3.63) is 111 Å². The summed E-state index contributed by atoms with van der Waals surface area (Å²) < 4.78 is 5.93. The van der Waals surface area contributed by atoms with Gasteiger partial charge in [0.05, 0.1) is 16.5 Å². The number of ketones is 1. The van der Waals surface area contributed by atoms with Gasteiger partial charge in [0.25, 0.3) is 17.4 Å². The Hall–Kier alpha value is -4.50. The van der Waals surface area contributed by atoms with Gasteiger partial charge in [0.15, 0.2) is 0 Å². The van der Waals surface area contributed by atoms with Gasteiger partial charge in [-0.1, -0.05) is 30.3 Å². The Kier molecular flexibility index (Phi) is 7.87. The van der Waals surface area contributed by atoms with Crippen LogP contribution >= 0.6 is 0 Å². The average Bonchev–Trinajstić information content (AvgIpc) is 3.16. The highest BCUT2D eigenvalue weighted by Crippen LogP contribution is 2.40. The third kappa shape index (κ3) is 5.57. The maximum Gasteiger partial charge on any atom is 0.295 e. The Morgan fingerprint density at radius 3 is 2.34 bits per heavy atom. The number of nitro benzene ring substituents is 1. The van der Waals surface area contributed by atoms with Gasteiger partial charge in [-0.2, -0.15) is 0 Å². The van der Waals surface area contributed by atoms with Crippen molar-refractivity contribution >= 4 is 23.1 Å². The Labute approximate surface area is 220 Å². The molecular weight excluding hydrogens is 486 g/mol. The number of aliphatic hydroxyl groups excluding tert-OH is 1. The zero-order valence-electron chi connectivity index (χ0n) is 21.5. The van der Waals surface area contributed by atoms with Gasteiger partial charge < -0.3 is 19.6 Å². The molecule has 1 aliphatic heterocycles. The number of aryl methyl sites for hydroxylation is 1. The number of aliphatic hydroxyl groups is 1. The van der Waals surface area contributed by atoms with E-state index in [1.165, 1.54) is 29.2 Å². The van der Waals surface area contributed by atoms with E-state index in [0.29, 0.717) is 30.0 Å². The van der Waals surface area contributed by atoms with Gasteiger partial charge in [0.2, 0.25) is 0 Å². The number of likely N-dealkylation sites (tertiary alicyclic amines) is 1. The molecule has 9 heteroatoms. The molecule has 1 aliphatic rings. The molecule has 1 saturated heterocycles. The normalized spacial score (nSPS) is 16.7. The highest BCUT2D eigenvalue weighted by Gasteiger charge is 2.46. The third-order valence-electron chi connectivity index (χ3n) is 6.43. The summed E-state index contributed by atoms with van der Waals surface area (Å²) in [4.78, 5) is 40.1. The third-order valence-corrected chi connectivity index (χ3v) is 6.43. The van der Waals surface area contributed by atoms with Crippen LogP contribution in [0.25, 0.3) is 5.76 Å². The number of non-ortho nitro benzene ring substituents is 1. The minimum atomic E-state index is -0.884. The molecular formula is C29H29N3O6. The summed E-state index contributed by atoms with van der Waals surface area (Å²) in [6, 6.07) is 19.6. The lowest BCUT2D eigenvalue weighted by atomic mass is 9.94. The maximum absolute atomic E-state index is 13.2. The predicted octanol–water partition coefficient (Wildman–Crippen LogP) is 4.47. The molecule has 1 amide bonds. The molecule has 4 rings (SSSR count).